The largest absolute Gasteiger partial charge is 0.378 e. The van der Waals surface area contributed by atoms with Crippen LogP contribution >= 0.6 is 11.3 Å². The van der Waals surface area contributed by atoms with Crippen LogP contribution in [0.3, 0.4) is 0 Å². The molecule has 1 aromatic heterocycles. The summed E-state index contributed by atoms with van der Waals surface area (Å²) in [6.07, 6.45) is 9.10. The van der Waals surface area contributed by atoms with Crippen LogP contribution in [0.5, 0.6) is 0 Å². The standard InChI is InChI=1S/C21H30N2O3S/c24-20(22-10-12-26-13-11-22)17-7-5-9-23(15-17)21(25)19-14-16-6-3-1-2-4-8-18(16)27-19/h14,17H,1-13,15H2. The molecule has 2 fully saturated rings. The van der Waals surface area contributed by atoms with Crippen molar-refractivity contribution in [2.75, 3.05) is 39.4 Å². The molecule has 4 rings (SSSR count). The van der Waals surface area contributed by atoms with Gasteiger partial charge >= 0.3 is 0 Å². The minimum absolute atomic E-state index is 0.0539. The number of ether oxygens (including phenoxy) is 1. The number of thiophene rings is 1. The number of aryl methyl sites for hydroxylation is 2. The Balaban J connectivity index is 1.42. The molecule has 1 unspecified atom stereocenters. The predicted molar refractivity (Wildman–Crippen MR) is 106 cm³/mol. The zero-order valence-corrected chi connectivity index (χ0v) is 16.9. The van der Waals surface area contributed by atoms with Crippen molar-refractivity contribution >= 4 is 23.2 Å². The summed E-state index contributed by atoms with van der Waals surface area (Å²) in [4.78, 5) is 32.1. The Morgan fingerprint density at radius 3 is 2.56 bits per heavy atom. The van der Waals surface area contributed by atoms with Gasteiger partial charge in [0.15, 0.2) is 0 Å². The van der Waals surface area contributed by atoms with Crippen molar-refractivity contribution in [1.82, 2.24) is 9.80 Å². The van der Waals surface area contributed by atoms with Gasteiger partial charge in [0.1, 0.15) is 0 Å². The van der Waals surface area contributed by atoms with E-state index in [2.05, 4.69) is 6.07 Å². The van der Waals surface area contributed by atoms with Crippen molar-refractivity contribution in [3.8, 4) is 0 Å². The molecule has 0 spiro atoms. The maximum atomic E-state index is 13.1. The van der Waals surface area contributed by atoms with E-state index in [9.17, 15) is 9.59 Å². The van der Waals surface area contributed by atoms with Crippen LogP contribution in [0.2, 0.25) is 0 Å². The number of carbonyl (C=O) groups excluding carboxylic acids is 2. The van der Waals surface area contributed by atoms with Crippen molar-refractivity contribution in [3.05, 3.63) is 21.4 Å². The lowest BCUT2D eigenvalue weighted by Gasteiger charge is -2.36. The van der Waals surface area contributed by atoms with Gasteiger partial charge in [0.05, 0.1) is 24.0 Å². The third kappa shape index (κ3) is 4.37. The van der Waals surface area contributed by atoms with Crippen LogP contribution in [-0.4, -0.2) is 61.0 Å². The van der Waals surface area contributed by atoms with Crippen molar-refractivity contribution < 1.29 is 14.3 Å². The molecule has 27 heavy (non-hydrogen) atoms. The van der Waals surface area contributed by atoms with Crippen molar-refractivity contribution in [1.29, 1.82) is 0 Å². The van der Waals surface area contributed by atoms with Gasteiger partial charge in [0.2, 0.25) is 5.91 Å². The molecule has 0 radical (unpaired) electrons. The average Bonchev–Trinajstić information content (AvgIpc) is 3.09. The fourth-order valence-corrected chi connectivity index (χ4v) is 5.73. The number of fused-ring (bicyclic) bond motifs is 1. The minimum Gasteiger partial charge on any atom is -0.378 e. The first kappa shape index (κ1) is 18.9. The van der Waals surface area contributed by atoms with Gasteiger partial charge in [0.25, 0.3) is 5.91 Å². The zero-order valence-electron chi connectivity index (χ0n) is 16.1. The summed E-state index contributed by atoms with van der Waals surface area (Å²) in [5, 5.41) is 0. The summed E-state index contributed by atoms with van der Waals surface area (Å²) in [5.74, 6) is 0.280. The van der Waals surface area contributed by atoms with Crippen LogP contribution in [0, 0.1) is 5.92 Å². The van der Waals surface area contributed by atoms with E-state index in [0.717, 1.165) is 37.1 Å². The molecule has 0 bridgehead atoms. The Morgan fingerprint density at radius 1 is 0.963 bits per heavy atom. The lowest BCUT2D eigenvalue weighted by Crippen LogP contribution is -2.49. The Kier molecular flexibility index (Phi) is 6.13. The smallest absolute Gasteiger partial charge is 0.263 e. The molecule has 3 heterocycles. The summed E-state index contributed by atoms with van der Waals surface area (Å²) in [6, 6.07) is 2.14. The molecule has 0 saturated carbocycles. The summed E-state index contributed by atoms with van der Waals surface area (Å²) < 4.78 is 5.35. The number of carbonyl (C=O) groups is 2. The second-order valence-electron chi connectivity index (χ2n) is 8.00. The summed E-state index contributed by atoms with van der Waals surface area (Å²) in [5.41, 5.74) is 1.39. The van der Waals surface area contributed by atoms with E-state index in [4.69, 9.17) is 4.74 Å². The van der Waals surface area contributed by atoms with Gasteiger partial charge in [-0.15, -0.1) is 11.3 Å². The normalized spacial score (nSPS) is 24.1. The van der Waals surface area contributed by atoms with Crippen molar-refractivity contribution in [3.63, 3.8) is 0 Å². The second kappa shape index (κ2) is 8.74. The number of rotatable bonds is 2. The molecule has 1 aliphatic carbocycles. The SMILES string of the molecule is O=C(c1cc2c(s1)CCCCCC2)N1CCCC(C(=O)N2CCOCC2)C1. The molecular formula is C21H30N2O3S. The molecular weight excluding hydrogens is 360 g/mol. The fraction of sp³-hybridized carbons (Fsp3) is 0.714. The Morgan fingerprint density at radius 2 is 1.74 bits per heavy atom. The first-order valence-corrected chi connectivity index (χ1v) is 11.3. The van der Waals surface area contributed by atoms with E-state index >= 15 is 0 Å². The molecule has 1 aromatic rings. The Labute approximate surface area is 165 Å². The molecule has 0 aromatic carbocycles. The summed E-state index contributed by atoms with van der Waals surface area (Å²) in [7, 11) is 0. The Bertz CT molecular complexity index is 655. The molecule has 2 aliphatic heterocycles. The van der Waals surface area contributed by atoms with E-state index < -0.39 is 0 Å². The van der Waals surface area contributed by atoms with Crippen LogP contribution < -0.4 is 0 Å². The highest BCUT2D eigenvalue weighted by atomic mass is 32.1. The summed E-state index contributed by atoms with van der Waals surface area (Å²) >= 11 is 1.69. The van der Waals surface area contributed by atoms with E-state index in [1.54, 1.807) is 11.3 Å². The zero-order chi connectivity index (χ0) is 18.6. The third-order valence-electron chi connectivity index (χ3n) is 6.09. The van der Waals surface area contributed by atoms with Crippen LogP contribution in [-0.2, 0) is 22.4 Å². The molecule has 148 valence electrons. The van der Waals surface area contributed by atoms with Gasteiger partial charge in [-0.1, -0.05) is 12.8 Å². The molecule has 0 N–H and O–H groups in total. The lowest BCUT2D eigenvalue weighted by molar-refractivity contribution is -0.141. The van der Waals surface area contributed by atoms with Gasteiger partial charge in [-0.3, -0.25) is 9.59 Å². The highest BCUT2D eigenvalue weighted by molar-refractivity contribution is 7.14. The average molecular weight is 391 g/mol. The van der Waals surface area contributed by atoms with Crippen molar-refractivity contribution in [2.24, 2.45) is 5.92 Å². The number of amides is 2. The summed E-state index contributed by atoms with van der Waals surface area (Å²) in [6.45, 7) is 3.96. The number of hydrogen-bond acceptors (Lipinski definition) is 4. The first-order valence-electron chi connectivity index (χ1n) is 10.5. The maximum absolute atomic E-state index is 13.1. The topological polar surface area (TPSA) is 49.9 Å². The number of likely N-dealkylation sites (tertiary alicyclic amines) is 1. The number of morpholine rings is 1. The first-order chi connectivity index (χ1) is 13.2. The van der Waals surface area contributed by atoms with Gasteiger partial charge in [-0.05, 0) is 50.2 Å². The quantitative estimate of drug-likeness (QED) is 0.780. The van der Waals surface area contributed by atoms with Crippen molar-refractivity contribution in [2.45, 2.75) is 51.4 Å². The van der Waals surface area contributed by atoms with Gasteiger partial charge < -0.3 is 14.5 Å². The highest BCUT2D eigenvalue weighted by Gasteiger charge is 2.32. The van der Waals surface area contributed by atoms with Gasteiger partial charge in [-0.25, -0.2) is 0 Å². The van der Waals surface area contributed by atoms with E-state index in [1.807, 2.05) is 9.80 Å². The minimum atomic E-state index is -0.0539. The van der Waals surface area contributed by atoms with E-state index in [-0.39, 0.29) is 17.7 Å². The van der Waals surface area contributed by atoms with E-state index in [0.29, 0.717) is 32.8 Å². The molecule has 1 atom stereocenters. The Hall–Kier alpha value is -1.40. The van der Waals surface area contributed by atoms with Crippen LogP contribution in [0.15, 0.2) is 6.07 Å². The lowest BCUT2D eigenvalue weighted by atomic mass is 9.96. The van der Waals surface area contributed by atoms with Crippen LogP contribution in [0.25, 0.3) is 0 Å². The third-order valence-corrected chi connectivity index (χ3v) is 7.31. The number of piperidine rings is 1. The van der Waals surface area contributed by atoms with Crippen LogP contribution in [0.4, 0.5) is 0 Å². The number of nitrogens with zero attached hydrogens (tertiary/aromatic N) is 2. The monoisotopic (exact) mass is 390 g/mol. The van der Waals surface area contributed by atoms with Gasteiger partial charge in [0, 0.05) is 31.1 Å². The molecule has 6 heteroatoms. The molecule has 2 saturated heterocycles. The predicted octanol–water partition coefficient (Wildman–Crippen LogP) is 3.12. The highest BCUT2D eigenvalue weighted by Crippen LogP contribution is 2.30. The molecule has 2 amide bonds. The van der Waals surface area contributed by atoms with Gasteiger partial charge in [-0.2, -0.15) is 0 Å². The fourth-order valence-electron chi connectivity index (χ4n) is 4.51. The number of hydrogen-bond donors (Lipinski definition) is 0. The van der Waals surface area contributed by atoms with Crippen LogP contribution in [0.1, 0.15) is 58.6 Å². The molecule has 3 aliphatic rings. The van der Waals surface area contributed by atoms with E-state index in [1.165, 1.54) is 36.1 Å². The second-order valence-corrected chi connectivity index (χ2v) is 9.14. The molecule has 5 nitrogen and oxygen atoms in total. The maximum Gasteiger partial charge on any atom is 0.263 e.